The summed E-state index contributed by atoms with van der Waals surface area (Å²) in [5.41, 5.74) is 8.61. The summed E-state index contributed by atoms with van der Waals surface area (Å²) in [5, 5.41) is 8.08. The normalized spacial score (nSPS) is 21.9. The van der Waals surface area contributed by atoms with Crippen LogP contribution in [-0.2, 0) is 19.8 Å². The number of hydrogen-bond donors (Lipinski definition) is 1. The summed E-state index contributed by atoms with van der Waals surface area (Å²) in [6.07, 6.45) is 2.86. The lowest BCUT2D eigenvalue weighted by Crippen LogP contribution is -2.35. The first kappa shape index (κ1) is 25.2. The van der Waals surface area contributed by atoms with Crippen LogP contribution in [0, 0.1) is 0 Å². The van der Waals surface area contributed by atoms with E-state index >= 15 is 0 Å². The van der Waals surface area contributed by atoms with Gasteiger partial charge < -0.3 is 19.9 Å². The summed E-state index contributed by atoms with van der Waals surface area (Å²) >= 11 is 0. The molecule has 8 heteroatoms. The van der Waals surface area contributed by atoms with Crippen molar-refractivity contribution in [3.8, 4) is 0 Å². The van der Waals surface area contributed by atoms with Crippen LogP contribution in [0.4, 0.5) is 0 Å². The van der Waals surface area contributed by atoms with Crippen LogP contribution in [0.5, 0.6) is 0 Å². The number of aromatic nitrogens is 3. The third-order valence-corrected chi connectivity index (χ3v) is 7.28. The Morgan fingerprint density at radius 2 is 1.46 bits per heavy atom. The number of hydrogen-bond acceptors (Lipinski definition) is 6. The fraction of sp³-hybridized carbons (Fsp3) is 0.258. The molecular formula is C31H30N4O4. The second-order valence-corrected chi connectivity index (χ2v) is 10.3. The van der Waals surface area contributed by atoms with Crippen LogP contribution in [-0.4, -0.2) is 45.5 Å². The minimum Gasteiger partial charge on any atom is -0.364 e. The Labute approximate surface area is 227 Å². The highest BCUT2D eigenvalue weighted by Crippen LogP contribution is 2.45. The van der Waals surface area contributed by atoms with E-state index in [2.05, 4.69) is 46.7 Å². The van der Waals surface area contributed by atoms with Gasteiger partial charge in [-0.15, -0.1) is 5.10 Å². The molecule has 1 aliphatic heterocycles. The molecule has 1 amide bonds. The summed E-state index contributed by atoms with van der Waals surface area (Å²) in [5.74, 6) is -1.43. The lowest BCUT2D eigenvalue weighted by atomic mass is 9.80. The molecule has 0 unspecified atom stereocenters. The highest BCUT2D eigenvalue weighted by Gasteiger charge is 2.51. The van der Waals surface area contributed by atoms with Gasteiger partial charge in [-0.25, -0.2) is 4.68 Å². The molecule has 39 heavy (non-hydrogen) atoms. The van der Waals surface area contributed by atoms with Crippen LogP contribution in [0.1, 0.15) is 47.1 Å². The number of nitrogens with zero attached hydrogens (tertiary/aromatic N) is 3. The lowest BCUT2D eigenvalue weighted by molar-refractivity contribution is -0.149. The lowest BCUT2D eigenvalue weighted by Gasteiger charge is -2.36. The zero-order valence-electron chi connectivity index (χ0n) is 21.8. The summed E-state index contributed by atoms with van der Waals surface area (Å²) < 4.78 is 21.3. The number of fused-ring (bicyclic) bond motifs is 1. The van der Waals surface area contributed by atoms with Crippen molar-refractivity contribution in [3.63, 3.8) is 0 Å². The number of primary amides is 1. The Kier molecular flexibility index (Phi) is 6.38. The molecule has 1 aliphatic carbocycles. The smallest absolute Gasteiger partial charge is 0.270 e. The van der Waals surface area contributed by atoms with E-state index in [4.69, 9.17) is 19.9 Å². The number of nitrogens with two attached hydrogens (primary N) is 1. The number of carbonyl (C=O) groups is 1. The van der Waals surface area contributed by atoms with Gasteiger partial charge in [-0.1, -0.05) is 102 Å². The predicted molar refractivity (Wildman–Crippen MR) is 145 cm³/mol. The number of amides is 1. The van der Waals surface area contributed by atoms with Gasteiger partial charge in [-0.2, -0.15) is 0 Å². The van der Waals surface area contributed by atoms with Gasteiger partial charge in [0.05, 0.1) is 12.8 Å². The van der Waals surface area contributed by atoms with Crippen LogP contribution in [0.3, 0.4) is 0 Å². The van der Waals surface area contributed by atoms with Crippen LogP contribution in [0.25, 0.3) is 0 Å². The maximum absolute atomic E-state index is 11.7. The van der Waals surface area contributed by atoms with Crippen LogP contribution in [0.2, 0.25) is 0 Å². The first-order chi connectivity index (χ1) is 18.9. The van der Waals surface area contributed by atoms with Crippen molar-refractivity contribution in [3.05, 3.63) is 131 Å². The largest absolute Gasteiger partial charge is 0.364 e. The summed E-state index contributed by atoms with van der Waals surface area (Å²) in [6.45, 7) is 4.05. The molecule has 3 atom stereocenters. The van der Waals surface area contributed by atoms with Crippen molar-refractivity contribution in [2.75, 3.05) is 6.61 Å². The van der Waals surface area contributed by atoms with E-state index in [1.165, 1.54) is 0 Å². The predicted octanol–water partition coefficient (Wildman–Crippen LogP) is 4.39. The topological polar surface area (TPSA) is 101 Å². The Balaban J connectivity index is 1.42. The zero-order chi connectivity index (χ0) is 27.0. The number of carbonyl (C=O) groups excluding carboxylic acids is 1. The van der Waals surface area contributed by atoms with E-state index < -0.39 is 17.3 Å². The van der Waals surface area contributed by atoms with Crippen LogP contribution in [0.15, 0.2) is 109 Å². The van der Waals surface area contributed by atoms with Crippen molar-refractivity contribution in [2.45, 2.75) is 43.5 Å². The fourth-order valence-corrected chi connectivity index (χ4v) is 5.59. The number of rotatable bonds is 8. The van der Waals surface area contributed by atoms with Crippen molar-refractivity contribution in [1.29, 1.82) is 0 Å². The second-order valence-electron chi connectivity index (χ2n) is 10.3. The van der Waals surface area contributed by atoms with E-state index in [1.807, 2.05) is 74.5 Å². The Morgan fingerprint density at radius 1 is 0.923 bits per heavy atom. The van der Waals surface area contributed by atoms with Gasteiger partial charge in [0, 0.05) is 0 Å². The third kappa shape index (κ3) is 4.57. The molecule has 198 valence electrons. The average Bonchev–Trinajstić information content (AvgIpc) is 3.65. The molecular weight excluding hydrogens is 492 g/mol. The maximum atomic E-state index is 11.7. The molecule has 1 aromatic heterocycles. The van der Waals surface area contributed by atoms with Gasteiger partial charge in [0.1, 0.15) is 23.9 Å². The molecule has 2 N–H and O–H groups in total. The molecule has 1 fully saturated rings. The fourth-order valence-electron chi connectivity index (χ4n) is 5.59. The molecule has 0 radical (unpaired) electrons. The Morgan fingerprint density at radius 3 is 1.95 bits per heavy atom. The molecule has 0 bridgehead atoms. The minimum atomic E-state index is -0.875. The molecule has 6 rings (SSSR count). The summed E-state index contributed by atoms with van der Waals surface area (Å²) in [4.78, 5) is 11.7. The van der Waals surface area contributed by atoms with Crippen molar-refractivity contribution >= 4 is 5.91 Å². The number of ether oxygens (including phenoxy) is 3. The van der Waals surface area contributed by atoms with Gasteiger partial charge in [0.25, 0.3) is 5.91 Å². The van der Waals surface area contributed by atoms with Gasteiger partial charge >= 0.3 is 0 Å². The van der Waals surface area contributed by atoms with E-state index in [0.29, 0.717) is 0 Å². The Hall–Kier alpha value is -4.11. The number of benzene rings is 3. The third-order valence-electron chi connectivity index (χ3n) is 7.28. The molecule has 0 spiro atoms. The monoisotopic (exact) mass is 522 g/mol. The average molecular weight is 523 g/mol. The highest BCUT2D eigenvalue weighted by molar-refractivity contribution is 5.90. The van der Waals surface area contributed by atoms with Crippen molar-refractivity contribution in [1.82, 2.24) is 15.0 Å². The SMILES string of the molecule is CC1(C)O[C@@H]2[C@H](O1)C(COC(c1ccccc1)(c1ccccc1)c1ccccc1)=C[C@H]2n1cc(C(N)=O)nn1. The standard InChI is InChI=1S/C31H30N4O4/c1-30(2)38-27-21(18-26(28(27)39-30)35-19-25(29(32)36)33-34-35)20-37-31(22-12-6-3-7-13-22,23-14-8-4-9-15-23)24-16-10-5-11-17-24/h3-19,26-28H,20H2,1-2H3,(H2,32,36)/t26-,27-,28+/m1/s1. The molecule has 8 nitrogen and oxygen atoms in total. The van der Waals surface area contributed by atoms with E-state index in [-0.39, 0.29) is 30.6 Å². The summed E-state index contributed by atoms with van der Waals surface area (Å²) in [6, 6.07) is 30.4. The van der Waals surface area contributed by atoms with Gasteiger partial charge in [0.15, 0.2) is 11.5 Å². The molecule has 1 saturated heterocycles. The molecule has 0 saturated carbocycles. The zero-order valence-corrected chi connectivity index (χ0v) is 21.8. The molecule has 2 aliphatic rings. The first-order valence-corrected chi connectivity index (χ1v) is 13.0. The van der Waals surface area contributed by atoms with E-state index in [0.717, 1.165) is 22.3 Å². The van der Waals surface area contributed by atoms with Crippen LogP contribution < -0.4 is 5.73 Å². The second kappa shape index (κ2) is 9.89. The molecule has 2 heterocycles. The van der Waals surface area contributed by atoms with E-state index in [9.17, 15) is 4.79 Å². The summed E-state index contributed by atoms with van der Waals surface area (Å²) in [7, 11) is 0. The van der Waals surface area contributed by atoms with Crippen molar-refractivity contribution < 1.29 is 19.0 Å². The van der Waals surface area contributed by atoms with Crippen LogP contribution >= 0.6 is 0 Å². The van der Waals surface area contributed by atoms with E-state index in [1.54, 1.807) is 10.9 Å². The quantitative estimate of drug-likeness (QED) is 0.272. The molecule has 3 aromatic carbocycles. The van der Waals surface area contributed by atoms with Gasteiger partial charge in [-0.3, -0.25) is 4.79 Å². The van der Waals surface area contributed by atoms with Crippen molar-refractivity contribution in [2.24, 2.45) is 5.73 Å². The minimum absolute atomic E-state index is 0.0964. The van der Waals surface area contributed by atoms with Gasteiger partial charge in [0.2, 0.25) is 0 Å². The highest BCUT2D eigenvalue weighted by atomic mass is 16.8. The Bertz CT molecular complexity index is 1390. The maximum Gasteiger partial charge on any atom is 0.270 e. The first-order valence-electron chi connectivity index (χ1n) is 13.0. The molecule has 4 aromatic rings. The van der Waals surface area contributed by atoms with Gasteiger partial charge in [-0.05, 0) is 36.1 Å².